The lowest BCUT2D eigenvalue weighted by Crippen LogP contribution is -2.14. The Morgan fingerprint density at radius 2 is 2.44 bits per heavy atom. The molecule has 0 aliphatic heterocycles. The molecule has 0 aromatic rings. The van der Waals surface area contributed by atoms with E-state index in [4.69, 9.17) is 0 Å². The lowest BCUT2D eigenvalue weighted by atomic mass is 10.4. The van der Waals surface area contributed by atoms with E-state index in [9.17, 15) is 4.79 Å². The lowest BCUT2D eigenvalue weighted by Gasteiger charge is -1.91. The molecule has 0 fully saturated rings. The highest BCUT2D eigenvalue weighted by Crippen LogP contribution is 1.74. The maximum atomic E-state index is 10.5. The summed E-state index contributed by atoms with van der Waals surface area (Å²) in [4.78, 5) is 10.5. The summed E-state index contributed by atoms with van der Waals surface area (Å²) in [5.41, 5.74) is 0. The van der Waals surface area contributed by atoms with Crippen molar-refractivity contribution in [2.45, 2.75) is 13.3 Å². The Kier molecular flexibility index (Phi) is 4.50. The fraction of sp³-hybridized carbons (Fsp3) is 0.286. The van der Waals surface area contributed by atoms with E-state index in [0.29, 0.717) is 6.42 Å². The molecule has 2 nitrogen and oxygen atoms in total. The highest BCUT2D eigenvalue weighted by atomic mass is 16.1. The van der Waals surface area contributed by atoms with E-state index in [1.54, 1.807) is 25.3 Å². The first-order valence-electron chi connectivity index (χ1n) is 2.88. The van der Waals surface area contributed by atoms with Crippen molar-refractivity contribution in [3.63, 3.8) is 0 Å². The van der Waals surface area contributed by atoms with Crippen LogP contribution in [0.4, 0.5) is 0 Å². The minimum atomic E-state index is 0.0214. The summed E-state index contributed by atoms with van der Waals surface area (Å²) in [5, 5.41) is 2.54. The average molecular weight is 125 g/mol. The summed E-state index contributed by atoms with van der Waals surface area (Å²) < 4.78 is 0. The third-order valence-corrected chi connectivity index (χ3v) is 0.798. The van der Waals surface area contributed by atoms with Crippen molar-refractivity contribution in [2.24, 2.45) is 0 Å². The lowest BCUT2D eigenvalue weighted by molar-refractivity contribution is -0.119. The van der Waals surface area contributed by atoms with Crippen LogP contribution in [0.15, 0.2) is 24.9 Å². The number of rotatable bonds is 3. The van der Waals surface area contributed by atoms with Crippen molar-refractivity contribution in [2.75, 3.05) is 0 Å². The molecule has 1 amide bonds. The molecule has 0 aliphatic rings. The van der Waals surface area contributed by atoms with Gasteiger partial charge in [0.25, 0.3) is 0 Å². The molecule has 0 unspecified atom stereocenters. The Balaban J connectivity index is 3.37. The van der Waals surface area contributed by atoms with Crippen LogP contribution in [0.2, 0.25) is 0 Å². The molecule has 0 saturated carbocycles. The van der Waals surface area contributed by atoms with Gasteiger partial charge in [-0.15, -0.1) is 0 Å². The molecule has 0 bridgehead atoms. The van der Waals surface area contributed by atoms with E-state index in [1.807, 2.05) is 0 Å². The van der Waals surface area contributed by atoms with Gasteiger partial charge in [-0.3, -0.25) is 4.79 Å². The predicted molar refractivity (Wildman–Crippen MR) is 37.8 cm³/mol. The molecule has 0 atom stereocenters. The van der Waals surface area contributed by atoms with Crippen molar-refractivity contribution in [3.05, 3.63) is 24.9 Å². The van der Waals surface area contributed by atoms with Crippen molar-refractivity contribution in [1.29, 1.82) is 0 Å². The van der Waals surface area contributed by atoms with E-state index in [0.717, 1.165) is 0 Å². The van der Waals surface area contributed by atoms with Gasteiger partial charge in [0, 0.05) is 12.6 Å². The number of nitrogens with one attached hydrogen (secondary N) is 1. The van der Waals surface area contributed by atoms with E-state index in [-0.39, 0.29) is 5.91 Å². The quantitative estimate of drug-likeness (QED) is 0.564. The molecular weight excluding hydrogens is 114 g/mol. The fourth-order valence-corrected chi connectivity index (χ4v) is 0.311. The minimum absolute atomic E-state index is 0.0214. The first-order chi connectivity index (χ1) is 4.31. The van der Waals surface area contributed by atoms with Crippen LogP contribution in [0.25, 0.3) is 0 Å². The zero-order valence-electron chi connectivity index (χ0n) is 5.55. The Bertz CT molecular complexity index is 127. The van der Waals surface area contributed by atoms with Crippen LogP contribution in [-0.4, -0.2) is 5.91 Å². The molecule has 0 spiro atoms. The van der Waals surface area contributed by atoms with E-state index in [1.165, 1.54) is 0 Å². The molecule has 0 radical (unpaired) electrons. The molecule has 9 heavy (non-hydrogen) atoms. The van der Waals surface area contributed by atoms with Crippen LogP contribution < -0.4 is 5.32 Å². The van der Waals surface area contributed by atoms with E-state index >= 15 is 0 Å². The SMILES string of the molecule is C=C/C=C\NC(=O)CC. The topological polar surface area (TPSA) is 29.1 Å². The van der Waals surface area contributed by atoms with Crippen LogP contribution >= 0.6 is 0 Å². The van der Waals surface area contributed by atoms with E-state index < -0.39 is 0 Å². The van der Waals surface area contributed by atoms with Gasteiger partial charge in [0.15, 0.2) is 0 Å². The first kappa shape index (κ1) is 7.95. The zero-order chi connectivity index (χ0) is 7.11. The Hall–Kier alpha value is -1.05. The van der Waals surface area contributed by atoms with Crippen LogP contribution in [0.1, 0.15) is 13.3 Å². The Labute approximate surface area is 55.3 Å². The Morgan fingerprint density at radius 3 is 2.89 bits per heavy atom. The monoisotopic (exact) mass is 125 g/mol. The third kappa shape index (κ3) is 4.81. The number of hydrogen-bond donors (Lipinski definition) is 1. The summed E-state index contributed by atoms with van der Waals surface area (Å²) in [6, 6.07) is 0. The summed E-state index contributed by atoms with van der Waals surface area (Å²) in [7, 11) is 0. The van der Waals surface area contributed by atoms with Crippen LogP contribution in [0.5, 0.6) is 0 Å². The first-order valence-corrected chi connectivity index (χ1v) is 2.88. The van der Waals surface area contributed by atoms with Gasteiger partial charge in [0.2, 0.25) is 5.91 Å². The number of carbonyl (C=O) groups excluding carboxylic acids is 1. The highest BCUT2D eigenvalue weighted by molar-refractivity contribution is 5.76. The molecule has 0 heterocycles. The summed E-state index contributed by atoms with van der Waals surface area (Å²) in [6.07, 6.45) is 5.36. The fourth-order valence-electron chi connectivity index (χ4n) is 0.311. The molecule has 2 heteroatoms. The maximum absolute atomic E-state index is 10.5. The van der Waals surface area contributed by atoms with Gasteiger partial charge in [-0.25, -0.2) is 0 Å². The smallest absolute Gasteiger partial charge is 0.223 e. The second-order valence-electron chi connectivity index (χ2n) is 1.52. The standard InChI is InChI=1S/C7H11NO/c1-3-5-6-8-7(9)4-2/h3,5-6H,1,4H2,2H3,(H,8,9)/b6-5-. The normalized spacial score (nSPS) is 9.44. The van der Waals surface area contributed by atoms with E-state index in [2.05, 4.69) is 11.9 Å². The van der Waals surface area contributed by atoms with Gasteiger partial charge >= 0.3 is 0 Å². The van der Waals surface area contributed by atoms with Gasteiger partial charge in [-0.05, 0) is 6.08 Å². The summed E-state index contributed by atoms with van der Waals surface area (Å²) >= 11 is 0. The molecule has 0 aromatic carbocycles. The molecule has 0 rings (SSSR count). The van der Waals surface area contributed by atoms with Gasteiger partial charge in [-0.2, -0.15) is 0 Å². The maximum Gasteiger partial charge on any atom is 0.223 e. The molecule has 0 aliphatic carbocycles. The van der Waals surface area contributed by atoms with Gasteiger partial charge in [-0.1, -0.05) is 19.6 Å². The molecule has 50 valence electrons. The predicted octanol–water partition coefficient (Wildman–Crippen LogP) is 1.21. The van der Waals surface area contributed by atoms with Gasteiger partial charge in [0.1, 0.15) is 0 Å². The number of amides is 1. The molecular formula is C7H11NO. The van der Waals surface area contributed by atoms with Crippen LogP contribution in [-0.2, 0) is 4.79 Å². The summed E-state index contributed by atoms with van der Waals surface area (Å²) in [5.74, 6) is 0.0214. The van der Waals surface area contributed by atoms with Crippen molar-refractivity contribution in [3.8, 4) is 0 Å². The second-order valence-corrected chi connectivity index (χ2v) is 1.52. The van der Waals surface area contributed by atoms with Gasteiger partial charge in [0.05, 0.1) is 0 Å². The third-order valence-electron chi connectivity index (χ3n) is 0.798. The summed E-state index contributed by atoms with van der Waals surface area (Å²) in [6.45, 7) is 5.25. The Morgan fingerprint density at radius 1 is 1.78 bits per heavy atom. The van der Waals surface area contributed by atoms with Crippen LogP contribution in [0.3, 0.4) is 0 Å². The highest BCUT2D eigenvalue weighted by Gasteiger charge is 1.87. The van der Waals surface area contributed by atoms with Crippen LogP contribution in [0, 0.1) is 0 Å². The van der Waals surface area contributed by atoms with Crippen molar-refractivity contribution in [1.82, 2.24) is 5.32 Å². The zero-order valence-corrected chi connectivity index (χ0v) is 5.55. The minimum Gasteiger partial charge on any atom is -0.333 e. The second kappa shape index (κ2) is 5.09. The molecule has 0 saturated heterocycles. The molecule has 0 aromatic heterocycles. The van der Waals surface area contributed by atoms with Crippen molar-refractivity contribution >= 4 is 5.91 Å². The number of allylic oxidation sites excluding steroid dienone is 2. The largest absolute Gasteiger partial charge is 0.333 e. The number of hydrogen-bond acceptors (Lipinski definition) is 1. The van der Waals surface area contributed by atoms with Gasteiger partial charge < -0.3 is 5.32 Å². The van der Waals surface area contributed by atoms with Crippen molar-refractivity contribution < 1.29 is 4.79 Å². The molecule has 1 N–H and O–H groups in total. The average Bonchev–Trinajstić information content (AvgIpc) is 1.89. The number of carbonyl (C=O) groups is 1.